The summed E-state index contributed by atoms with van der Waals surface area (Å²) in [6, 6.07) is 0. The molecule has 0 N–H and O–H groups in total. The van der Waals surface area contributed by atoms with Crippen molar-refractivity contribution in [3.63, 3.8) is 0 Å². The predicted octanol–water partition coefficient (Wildman–Crippen LogP) is 24.6. The summed E-state index contributed by atoms with van der Waals surface area (Å²) < 4.78 is 16.9. The van der Waals surface area contributed by atoms with Gasteiger partial charge in [0, 0.05) is 19.3 Å². The highest BCUT2D eigenvalue weighted by Gasteiger charge is 2.19. The molecule has 83 heavy (non-hydrogen) atoms. The summed E-state index contributed by atoms with van der Waals surface area (Å²) in [5.74, 6) is -0.925. The molecule has 0 bridgehead atoms. The topological polar surface area (TPSA) is 78.9 Å². The lowest BCUT2D eigenvalue weighted by molar-refractivity contribution is -0.167. The number of hydrogen-bond donors (Lipinski definition) is 0. The molecule has 6 heteroatoms. The quantitative estimate of drug-likeness (QED) is 0.0261. The van der Waals surface area contributed by atoms with Gasteiger partial charge in [-0.3, -0.25) is 14.4 Å². The number of unbranched alkanes of at least 4 members (excludes halogenated alkanes) is 35. The monoisotopic (exact) mass is 1150 g/mol. The minimum absolute atomic E-state index is 0.0927. The Morgan fingerprint density at radius 2 is 0.470 bits per heavy atom. The largest absolute Gasteiger partial charge is 0.462 e. The third kappa shape index (κ3) is 68.7. The molecular weight excluding hydrogens is 1020 g/mol. The molecule has 0 aliphatic heterocycles. The van der Waals surface area contributed by atoms with Crippen molar-refractivity contribution in [1.82, 2.24) is 0 Å². The van der Waals surface area contributed by atoms with Gasteiger partial charge in [-0.15, -0.1) is 0 Å². The number of ether oxygens (including phenoxy) is 3. The van der Waals surface area contributed by atoms with E-state index < -0.39 is 6.10 Å². The van der Waals surface area contributed by atoms with Gasteiger partial charge in [0.1, 0.15) is 13.2 Å². The van der Waals surface area contributed by atoms with Crippen LogP contribution in [0.3, 0.4) is 0 Å². The van der Waals surface area contributed by atoms with E-state index in [9.17, 15) is 14.4 Å². The van der Waals surface area contributed by atoms with Crippen LogP contribution in [0.5, 0.6) is 0 Å². The van der Waals surface area contributed by atoms with E-state index in [1.165, 1.54) is 193 Å². The smallest absolute Gasteiger partial charge is 0.306 e. The van der Waals surface area contributed by atoms with Crippen molar-refractivity contribution in [2.75, 3.05) is 13.2 Å². The molecule has 0 aromatic heterocycles. The van der Waals surface area contributed by atoms with Gasteiger partial charge < -0.3 is 14.2 Å². The van der Waals surface area contributed by atoms with Crippen LogP contribution in [0.4, 0.5) is 0 Å². The van der Waals surface area contributed by atoms with Gasteiger partial charge in [0.2, 0.25) is 0 Å². The number of esters is 3. The normalized spacial score (nSPS) is 12.8. The van der Waals surface area contributed by atoms with Crippen molar-refractivity contribution in [2.24, 2.45) is 0 Å². The van der Waals surface area contributed by atoms with Crippen LogP contribution in [-0.2, 0) is 28.6 Å². The van der Waals surface area contributed by atoms with E-state index in [-0.39, 0.29) is 37.5 Å². The average molecular weight is 1150 g/mol. The molecule has 1 atom stereocenters. The van der Waals surface area contributed by atoms with Crippen LogP contribution in [-0.4, -0.2) is 37.2 Å². The van der Waals surface area contributed by atoms with Gasteiger partial charge in [0.15, 0.2) is 6.10 Å². The van der Waals surface area contributed by atoms with Gasteiger partial charge in [-0.2, -0.15) is 0 Å². The molecule has 0 radical (unpaired) electrons. The third-order valence-corrected chi connectivity index (χ3v) is 15.3. The van der Waals surface area contributed by atoms with Crippen molar-refractivity contribution in [3.05, 3.63) is 109 Å². The summed E-state index contributed by atoms with van der Waals surface area (Å²) in [5.41, 5.74) is 0. The Morgan fingerprint density at radius 1 is 0.253 bits per heavy atom. The first-order valence-electron chi connectivity index (χ1n) is 35.4. The summed E-state index contributed by atoms with van der Waals surface area (Å²) >= 11 is 0. The lowest BCUT2D eigenvalue weighted by atomic mass is 10.0. The van der Waals surface area contributed by atoms with Gasteiger partial charge >= 0.3 is 17.9 Å². The number of allylic oxidation sites excluding steroid dienone is 18. The van der Waals surface area contributed by atoms with Gasteiger partial charge in [0.05, 0.1) is 0 Å². The van der Waals surface area contributed by atoms with Crippen molar-refractivity contribution < 1.29 is 28.6 Å². The fourth-order valence-corrected chi connectivity index (χ4v) is 9.99. The molecule has 0 aromatic rings. The molecule has 0 aliphatic rings. The van der Waals surface area contributed by atoms with Crippen molar-refractivity contribution in [3.8, 4) is 0 Å². The Hall–Kier alpha value is -3.93. The lowest BCUT2D eigenvalue weighted by Crippen LogP contribution is -2.30. The van der Waals surface area contributed by atoms with Crippen LogP contribution < -0.4 is 0 Å². The summed E-state index contributed by atoms with van der Waals surface area (Å²) in [5, 5.41) is 0. The van der Waals surface area contributed by atoms with E-state index in [0.29, 0.717) is 19.3 Å². The van der Waals surface area contributed by atoms with Crippen LogP contribution >= 0.6 is 0 Å². The zero-order valence-corrected chi connectivity index (χ0v) is 54.7. The predicted molar refractivity (Wildman–Crippen MR) is 362 cm³/mol. The second-order valence-electron chi connectivity index (χ2n) is 23.4. The summed E-state index contributed by atoms with van der Waals surface area (Å²) in [4.78, 5) is 38.3. The average Bonchev–Trinajstić information content (AvgIpc) is 3.48. The SMILES string of the molecule is CC/C=C\C/C=C\C/C=C\C/C=C\C/C=C\C/C=C\CCCCC(=O)OC(COC(=O)CCCCCCCCCCCCC)COC(=O)CCCCCCCCCCCCCCCCCCCC/C=C\C/C=C\C/C=C\CCCCCCC. The van der Waals surface area contributed by atoms with E-state index >= 15 is 0 Å². The molecule has 0 heterocycles. The Kier molecular flexibility index (Phi) is 67.2. The van der Waals surface area contributed by atoms with Gasteiger partial charge in [-0.25, -0.2) is 0 Å². The molecule has 1 unspecified atom stereocenters. The molecule has 0 fully saturated rings. The molecule has 0 amide bonds. The van der Waals surface area contributed by atoms with Crippen LogP contribution in [0.2, 0.25) is 0 Å². The van der Waals surface area contributed by atoms with Gasteiger partial charge in [-0.1, -0.05) is 323 Å². The minimum Gasteiger partial charge on any atom is -0.462 e. The van der Waals surface area contributed by atoms with E-state index in [4.69, 9.17) is 14.2 Å². The van der Waals surface area contributed by atoms with Gasteiger partial charge in [-0.05, 0) is 109 Å². The Morgan fingerprint density at radius 3 is 0.759 bits per heavy atom. The fraction of sp³-hybridized carbons (Fsp3) is 0.727. The first kappa shape index (κ1) is 79.1. The highest BCUT2D eigenvalue weighted by Crippen LogP contribution is 2.17. The number of hydrogen-bond acceptors (Lipinski definition) is 6. The maximum atomic E-state index is 12.9. The number of rotatable bonds is 64. The number of carbonyl (C=O) groups is 3. The standard InChI is InChI=1S/C77H132O6/c1-4-7-10-13-16-19-22-24-26-28-30-32-33-34-35-36-37-38-39-40-41-42-43-45-46-48-50-52-55-58-61-64-67-70-76(79)82-73-74(72-81-75(78)69-66-63-60-57-54-21-18-15-12-9-6-3)83-77(80)71-68-65-62-59-56-53-51-49-47-44-31-29-27-25-23-20-17-14-11-8-5-2/h8,11,17,20,22,24-25,27-28,30-31,33-34,44,49,51,56,59,74H,4-7,9-10,12-16,18-19,21,23,26,29,32,35-43,45-48,50,52-55,57-58,60-73H2,1-3H3/b11-8-,20-17-,24-22-,27-25-,30-28-,34-33-,44-31-,51-49-,59-56-. The number of carbonyl (C=O) groups excluding carboxylic acids is 3. The van der Waals surface area contributed by atoms with Crippen LogP contribution in [0.1, 0.15) is 342 Å². The molecule has 0 aliphatic carbocycles. The Balaban J connectivity index is 4.21. The van der Waals surface area contributed by atoms with E-state index in [1.807, 2.05) is 0 Å². The van der Waals surface area contributed by atoms with Gasteiger partial charge in [0.25, 0.3) is 0 Å². The fourth-order valence-electron chi connectivity index (χ4n) is 9.99. The molecule has 476 valence electrons. The van der Waals surface area contributed by atoms with Crippen LogP contribution in [0, 0.1) is 0 Å². The Labute approximate surface area is 514 Å². The van der Waals surface area contributed by atoms with Crippen molar-refractivity contribution in [1.29, 1.82) is 0 Å². The first-order chi connectivity index (χ1) is 41.0. The summed E-state index contributed by atoms with van der Waals surface area (Å²) in [6.45, 7) is 6.50. The second-order valence-corrected chi connectivity index (χ2v) is 23.4. The van der Waals surface area contributed by atoms with E-state index in [0.717, 1.165) is 103 Å². The van der Waals surface area contributed by atoms with E-state index in [1.54, 1.807) is 0 Å². The summed E-state index contributed by atoms with van der Waals surface area (Å²) in [6.07, 6.45) is 97.0. The summed E-state index contributed by atoms with van der Waals surface area (Å²) in [7, 11) is 0. The molecule has 0 saturated heterocycles. The molecule has 0 rings (SSSR count). The molecule has 0 saturated carbocycles. The first-order valence-corrected chi connectivity index (χ1v) is 35.4. The zero-order valence-electron chi connectivity index (χ0n) is 54.7. The highest BCUT2D eigenvalue weighted by molar-refractivity contribution is 5.71. The highest BCUT2D eigenvalue weighted by atomic mass is 16.6. The van der Waals surface area contributed by atoms with Crippen molar-refractivity contribution in [2.45, 2.75) is 348 Å². The maximum absolute atomic E-state index is 12.9. The Bertz CT molecular complexity index is 1660. The lowest BCUT2D eigenvalue weighted by Gasteiger charge is -2.18. The molecular formula is C77H132O6. The maximum Gasteiger partial charge on any atom is 0.306 e. The zero-order chi connectivity index (χ0) is 59.9. The second kappa shape index (κ2) is 70.6. The molecule has 0 spiro atoms. The van der Waals surface area contributed by atoms with Crippen LogP contribution in [0.25, 0.3) is 0 Å². The van der Waals surface area contributed by atoms with Crippen LogP contribution in [0.15, 0.2) is 109 Å². The molecule has 0 aromatic carbocycles. The van der Waals surface area contributed by atoms with Crippen molar-refractivity contribution >= 4 is 17.9 Å². The minimum atomic E-state index is -0.801. The molecule has 6 nitrogen and oxygen atoms in total. The van der Waals surface area contributed by atoms with E-state index in [2.05, 4.69) is 130 Å². The third-order valence-electron chi connectivity index (χ3n) is 15.3.